The van der Waals surface area contributed by atoms with Gasteiger partial charge in [-0.15, -0.1) is 0 Å². The van der Waals surface area contributed by atoms with Crippen molar-refractivity contribution in [2.75, 3.05) is 11.9 Å². The van der Waals surface area contributed by atoms with Crippen LogP contribution in [0.1, 0.15) is 29.0 Å². The van der Waals surface area contributed by atoms with Crippen LogP contribution in [0.4, 0.5) is 5.69 Å². The van der Waals surface area contributed by atoms with E-state index in [2.05, 4.69) is 25.5 Å². The second-order valence-electron chi connectivity index (χ2n) is 7.29. The molecule has 0 fully saturated rings. The van der Waals surface area contributed by atoms with E-state index in [0.29, 0.717) is 17.8 Å². The van der Waals surface area contributed by atoms with E-state index in [1.165, 1.54) is 0 Å². The zero-order chi connectivity index (χ0) is 21.1. The van der Waals surface area contributed by atoms with Gasteiger partial charge in [-0.1, -0.05) is 24.3 Å². The van der Waals surface area contributed by atoms with Crippen LogP contribution in [0.25, 0.3) is 11.0 Å². The molecule has 0 saturated carbocycles. The van der Waals surface area contributed by atoms with E-state index >= 15 is 0 Å². The monoisotopic (exact) mass is 405 g/mol. The lowest BCUT2D eigenvalue weighted by Crippen LogP contribution is -2.44. The summed E-state index contributed by atoms with van der Waals surface area (Å²) >= 11 is 0. The number of carbonyl (C=O) groups excluding carboxylic acids is 3. The molecule has 154 valence electrons. The molecule has 30 heavy (non-hydrogen) atoms. The maximum Gasteiger partial charge on any atom is 0.254 e. The summed E-state index contributed by atoms with van der Waals surface area (Å²) < 4.78 is 2.06. The van der Waals surface area contributed by atoms with Gasteiger partial charge in [-0.2, -0.15) is 0 Å². The molecule has 1 aromatic heterocycles. The summed E-state index contributed by atoms with van der Waals surface area (Å²) in [5.74, 6) is -0.100. The fourth-order valence-electron chi connectivity index (χ4n) is 3.61. The van der Waals surface area contributed by atoms with Gasteiger partial charge < -0.3 is 20.5 Å². The van der Waals surface area contributed by atoms with Gasteiger partial charge in [-0.05, 0) is 30.7 Å². The molecule has 2 aromatic carbocycles. The fourth-order valence-corrected chi connectivity index (χ4v) is 3.61. The number of amides is 3. The smallest absolute Gasteiger partial charge is 0.254 e. The Morgan fingerprint density at radius 3 is 2.73 bits per heavy atom. The molecular weight excluding hydrogens is 382 g/mol. The second-order valence-corrected chi connectivity index (χ2v) is 7.29. The molecule has 3 amide bonds. The van der Waals surface area contributed by atoms with Crippen molar-refractivity contribution in [3.05, 3.63) is 59.9 Å². The lowest BCUT2D eigenvalue weighted by Gasteiger charge is -2.14. The fraction of sp³-hybridized carbons (Fsp3) is 0.273. The number of nitrogens with zero attached hydrogens (tertiary/aromatic N) is 2. The van der Waals surface area contributed by atoms with Gasteiger partial charge in [0, 0.05) is 20.0 Å². The summed E-state index contributed by atoms with van der Waals surface area (Å²) in [4.78, 5) is 41.6. The normalized spacial score (nSPS) is 15.8. The first-order valence-corrected chi connectivity index (χ1v) is 9.90. The molecule has 0 bridgehead atoms. The summed E-state index contributed by atoms with van der Waals surface area (Å²) in [5.41, 5.74) is 2.87. The first-order valence-electron chi connectivity index (χ1n) is 9.90. The molecule has 2 heterocycles. The number of hydrogen-bond donors (Lipinski definition) is 3. The molecule has 1 aliphatic heterocycles. The lowest BCUT2D eigenvalue weighted by atomic mass is 10.1. The Morgan fingerprint density at radius 2 is 1.90 bits per heavy atom. The Balaban J connectivity index is 1.28. The summed E-state index contributed by atoms with van der Waals surface area (Å²) in [7, 11) is 1.98. The molecule has 8 heteroatoms. The average Bonchev–Trinajstić information content (AvgIpc) is 3.00. The van der Waals surface area contributed by atoms with Gasteiger partial charge in [0.2, 0.25) is 11.8 Å². The molecule has 0 spiro atoms. The van der Waals surface area contributed by atoms with Crippen LogP contribution < -0.4 is 16.0 Å². The van der Waals surface area contributed by atoms with Crippen LogP contribution in [0, 0.1) is 0 Å². The topological polar surface area (TPSA) is 105 Å². The third-order valence-corrected chi connectivity index (χ3v) is 5.22. The summed E-state index contributed by atoms with van der Waals surface area (Å²) in [6.07, 6.45) is 1.33. The third kappa shape index (κ3) is 4.03. The number of rotatable bonds is 6. The predicted octanol–water partition coefficient (Wildman–Crippen LogP) is 1.76. The highest BCUT2D eigenvalue weighted by molar-refractivity contribution is 6.10. The van der Waals surface area contributed by atoms with Crippen molar-refractivity contribution in [1.29, 1.82) is 0 Å². The Labute approximate surface area is 173 Å². The third-order valence-electron chi connectivity index (χ3n) is 5.22. The Hall–Kier alpha value is -3.68. The van der Waals surface area contributed by atoms with Crippen LogP contribution in [0.15, 0.2) is 48.5 Å². The maximum absolute atomic E-state index is 12.4. The van der Waals surface area contributed by atoms with Crippen LogP contribution in [0.2, 0.25) is 0 Å². The number of fused-ring (bicyclic) bond motifs is 2. The van der Waals surface area contributed by atoms with Crippen LogP contribution in [0.5, 0.6) is 0 Å². The number of para-hydroxylation sites is 3. The minimum absolute atomic E-state index is 0.113. The number of benzene rings is 2. The molecule has 0 aliphatic carbocycles. The summed E-state index contributed by atoms with van der Waals surface area (Å²) in [6.45, 7) is 0.463. The van der Waals surface area contributed by atoms with E-state index in [-0.39, 0.29) is 18.2 Å². The van der Waals surface area contributed by atoms with Crippen LogP contribution >= 0.6 is 0 Å². The molecule has 3 aromatic rings. The van der Waals surface area contributed by atoms with Crippen LogP contribution in [-0.2, 0) is 23.1 Å². The predicted molar refractivity (Wildman–Crippen MR) is 113 cm³/mol. The second kappa shape index (κ2) is 8.36. The largest absolute Gasteiger partial charge is 0.356 e. The van der Waals surface area contributed by atoms with E-state index < -0.39 is 11.9 Å². The number of imidazole rings is 1. The standard InChI is InChI=1S/C22H23N5O3/c1-27-18-10-5-4-9-16(18)24-19(27)11-6-12-23-20(28)13-17-22(30)25-15-8-3-2-7-14(15)21(29)26-17/h2-5,7-10,17H,6,11-13H2,1H3,(H,23,28)(H,25,30)(H,26,29). The van der Waals surface area contributed by atoms with E-state index in [9.17, 15) is 14.4 Å². The molecule has 0 radical (unpaired) electrons. The van der Waals surface area contributed by atoms with Gasteiger partial charge >= 0.3 is 0 Å². The summed E-state index contributed by atoms with van der Waals surface area (Å²) in [6, 6.07) is 13.8. The van der Waals surface area contributed by atoms with Crippen molar-refractivity contribution in [3.8, 4) is 0 Å². The Morgan fingerprint density at radius 1 is 1.13 bits per heavy atom. The van der Waals surface area contributed by atoms with Crippen molar-refractivity contribution in [1.82, 2.24) is 20.2 Å². The van der Waals surface area contributed by atoms with Gasteiger partial charge in [-0.3, -0.25) is 14.4 Å². The van der Waals surface area contributed by atoms with Crippen LogP contribution in [-0.4, -0.2) is 39.9 Å². The van der Waals surface area contributed by atoms with Crippen molar-refractivity contribution >= 4 is 34.4 Å². The zero-order valence-corrected chi connectivity index (χ0v) is 16.6. The van der Waals surface area contributed by atoms with Crippen LogP contribution in [0.3, 0.4) is 0 Å². The average molecular weight is 405 g/mol. The van der Waals surface area contributed by atoms with Gasteiger partial charge in [0.1, 0.15) is 11.9 Å². The van der Waals surface area contributed by atoms with E-state index in [1.54, 1.807) is 24.3 Å². The molecular formula is C22H23N5O3. The minimum Gasteiger partial charge on any atom is -0.356 e. The first-order chi connectivity index (χ1) is 14.5. The number of carbonyl (C=O) groups is 3. The molecule has 3 N–H and O–H groups in total. The minimum atomic E-state index is -0.912. The van der Waals surface area contributed by atoms with Crippen molar-refractivity contribution in [3.63, 3.8) is 0 Å². The molecule has 4 rings (SSSR count). The first kappa shape index (κ1) is 19.6. The number of nitrogens with one attached hydrogen (secondary N) is 3. The molecule has 1 atom stereocenters. The van der Waals surface area contributed by atoms with Gasteiger partial charge in [0.15, 0.2) is 0 Å². The number of aromatic nitrogens is 2. The number of hydrogen-bond acceptors (Lipinski definition) is 4. The number of aryl methyl sites for hydroxylation is 2. The highest BCUT2D eigenvalue weighted by Crippen LogP contribution is 2.19. The number of anilines is 1. The molecule has 8 nitrogen and oxygen atoms in total. The summed E-state index contributed by atoms with van der Waals surface area (Å²) in [5, 5.41) is 8.15. The van der Waals surface area contributed by atoms with Crippen molar-refractivity contribution in [2.45, 2.75) is 25.3 Å². The quantitative estimate of drug-likeness (QED) is 0.544. The Kier molecular flexibility index (Phi) is 5.47. The van der Waals surface area contributed by atoms with Gasteiger partial charge in [-0.25, -0.2) is 4.98 Å². The molecule has 1 unspecified atom stereocenters. The zero-order valence-electron chi connectivity index (χ0n) is 16.6. The van der Waals surface area contributed by atoms with Gasteiger partial charge in [0.25, 0.3) is 5.91 Å². The highest BCUT2D eigenvalue weighted by Gasteiger charge is 2.29. The van der Waals surface area contributed by atoms with Crippen molar-refractivity contribution < 1.29 is 14.4 Å². The van der Waals surface area contributed by atoms with Gasteiger partial charge in [0.05, 0.1) is 28.7 Å². The highest BCUT2D eigenvalue weighted by atomic mass is 16.2. The van der Waals surface area contributed by atoms with Crippen molar-refractivity contribution in [2.24, 2.45) is 7.05 Å². The van der Waals surface area contributed by atoms with E-state index in [0.717, 1.165) is 29.7 Å². The van der Waals surface area contributed by atoms with E-state index in [1.807, 2.05) is 31.3 Å². The lowest BCUT2D eigenvalue weighted by molar-refractivity contribution is -0.125. The van der Waals surface area contributed by atoms with E-state index in [4.69, 9.17) is 0 Å². The molecule has 0 saturated heterocycles. The SMILES string of the molecule is Cn1c(CCCNC(=O)CC2NC(=O)c3ccccc3NC2=O)nc2ccccc21. The Bertz CT molecular complexity index is 1120. The maximum atomic E-state index is 12.4. The molecule has 1 aliphatic rings.